The first kappa shape index (κ1) is 16.9. The topological polar surface area (TPSA) is 55.8 Å². The fraction of sp³-hybridized carbons (Fsp3) is 0.647. The van der Waals surface area contributed by atoms with E-state index < -0.39 is 9.84 Å². The summed E-state index contributed by atoms with van der Waals surface area (Å²) < 4.78 is 34.7. The summed E-state index contributed by atoms with van der Waals surface area (Å²) in [7, 11) is -3.12. The van der Waals surface area contributed by atoms with Crippen LogP contribution in [0.3, 0.4) is 0 Å². The highest BCUT2D eigenvalue weighted by Crippen LogP contribution is 2.36. The second-order valence-corrected chi connectivity index (χ2v) is 8.68. The lowest BCUT2D eigenvalue weighted by atomic mass is 9.84. The maximum Gasteiger partial charge on any atom is 0.175 e. The molecule has 0 amide bonds. The number of likely N-dealkylation sites (tertiary alicyclic amines) is 1. The number of rotatable bonds is 5. The molecule has 0 aliphatic carbocycles. The third-order valence-electron chi connectivity index (χ3n) is 4.63. The van der Waals surface area contributed by atoms with Gasteiger partial charge in [0, 0.05) is 45.5 Å². The van der Waals surface area contributed by atoms with Gasteiger partial charge in [0.1, 0.15) is 0 Å². The fourth-order valence-corrected chi connectivity index (χ4v) is 4.19. The lowest BCUT2D eigenvalue weighted by molar-refractivity contribution is -0.198. The van der Waals surface area contributed by atoms with Crippen LogP contribution in [-0.2, 0) is 25.9 Å². The zero-order chi connectivity index (χ0) is 16.5. The molecule has 2 saturated heterocycles. The van der Waals surface area contributed by atoms with E-state index >= 15 is 0 Å². The third-order valence-corrected chi connectivity index (χ3v) is 5.76. The monoisotopic (exact) mass is 339 g/mol. The van der Waals surface area contributed by atoms with Crippen LogP contribution in [0.5, 0.6) is 0 Å². The van der Waals surface area contributed by atoms with Gasteiger partial charge in [-0.2, -0.15) is 0 Å². The molecule has 23 heavy (non-hydrogen) atoms. The minimum Gasteiger partial charge on any atom is -0.378 e. The highest BCUT2D eigenvalue weighted by molar-refractivity contribution is 7.90. The van der Waals surface area contributed by atoms with Crippen LogP contribution in [-0.4, -0.2) is 57.6 Å². The smallest absolute Gasteiger partial charge is 0.175 e. The van der Waals surface area contributed by atoms with Crippen molar-refractivity contribution in [3.05, 3.63) is 29.8 Å². The second kappa shape index (κ2) is 6.51. The molecule has 0 aromatic heterocycles. The van der Waals surface area contributed by atoms with Crippen LogP contribution in [0.1, 0.15) is 25.3 Å². The van der Waals surface area contributed by atoms with Crippen LogP contribution in [0.2, 0.25) is 0 Å². The Labute approximate surface area is 138 Å². The summed E-state index contributed by atoms with van der Waals surface area (Å²) in [5.74, 6) is 0. The van der Waals surface area contributed by atoms with Crippen LogP contribution in [0.15, 0.2) is 29.2 Å². The first-order valence-electron chi connectivity index (χ1n) is 8.17. The summed E-state index contributed by atoms with van der Waals surface area (Å²) in [6.45, 7) is 6.25. The molecule has 2 fully saturated rings. The Balaban J connectivity index is 1.54. The van der Waals surface area contributed by atoms with Crippen LogP contribution in [0.25, 0.3) is 0 Å². The zero-order valence-electron chi connectivity index (χ0n) is 13.8. The molecule has 1 aromatic rings. The van der Waals surface area contributed by atoms with Gasteiger partial charge in [0.2, 0.25) is 0 Å². The molecule has 5 nitrogen and oxygen atoms in total. The molecule has 0 bridgehead atoms. The third kappa shape index (κ3) is 3.94. The van der Waals surface area contributed by atoms with Crippen molar-refractivity contribution in [2.45, 2.75) is 42.9 Å². The Morgan fingerprint density at radius 3 is 2.61 bits per heavy atom. The summed E-state index contributed by atoms with van der Waals surface area (Å²) in [5.41, 5.74) is 1.09. The quantitative estimate of drug-likeness (QED) is 0.820. The number of nitrogens with zero attached hydrogens (tertiary/aromatic N) is 1. The van der Waals surface area contributed by atoms with E-state index in [1.807, 2.05) is 19.1 Å². The Kier molecular flexibility index (Phi) is 4.78. The Morgan fingerprint density at radius 1 is 1.30 bits per heavy atom. The van der Waals surface area contributed by atoms with Crippen LogP contribution >= 0.6 is 0 Å². The summed E-state index contributed by atoms with van der Waals surface area (Å²) in [5, 5.41) is 0. The standard InChI is InChI=1S/C17H25NO4S/c1-3-21-15-8-9-22-17(10-15)12-18(13-17)11-14-4-6-16(7-5-14)23(2,19)20/h4-7,15H,3,8-13H2,1-2H3/t15-/m0/s1. The van der Waals surface area contributed by atoms with E-state index in [0.717, 1.165) is 51.3 Å². The van der Waals surface area contributed by atoms with Gasteiger partial charge >= 0.3 is 0 Å². The van der Waals surface area contributed by atoms with Gasteiger partial charge in [0.15, 0.2) is 9.84 Å². The van der Waals surface area contributed by atoms with E-state index in [2.05, 4.69) is 4.90 Å². The van der Waals surface area contributed by atoms with Crippen LogP contribution < -0.4 is 0 Å². The Bertz CT molecular complexity index is 633. The average molecular weight is 339 g/mol. The maximum atomic E-state index is 11.5. The lowest BCUT2D eigenvalue weighted by Crippen LogP contribution is -2.65. The molecule has 1 atom stereocenters. The highest BCUT2D eigenvalue weighted by Gasteiger charge is 2.47. The SMILES string of the molecule is CCO[C@H]1CCOC2(C1)CN(Cc1ccc(S(C)(=O)=O)cc1)C2. The van der Waals surface area contributed by atoms with Gasteiger partial charge < -0.3 is 9.47 Å². The van der Waals surface area contributed by atoms with Gasteiger partial charge in [-0.25, -0.2) is 8.42 Å². The minimum absolute atomic E-state index is 0.0369. The molecule has 2 aliphatic heterocycles. The number of hydrogen-bond donors (Lipinski definition) is 0. The van der Waals surface area contributed by atoms with Gasteiger partial charge in [0.05, 0.1) is 16.6 Å². The maximum absolute atomic E-state index is 11.5. The summed E-state index contributed by atoms with van der Waals surface area (Å²) in [6, 6.07) is 7.16. The van der Waals surface area contributed by atoms with Crippen LogP contribution in [0, 0.1) is 0 Å². The molecule has 1 aromatic carbocycles. The number of sulfone groups is 1. The van der Waals surface area contributed by atoms with Gasteiger partial charge in [-0.05, 0) is 31.0 Å². The normalized spacial score (nSPS) is 24.5. The van der Waals surface area contributed by atoms with Crippen molar-refractivity contribution in [3.63, 3.8) is 0 Å². The van der Waals surface area contributed by atoms with E-state index in [-0.39, 0.29) is 5.60 Å². The number of benzene rings is 1. The summed E-state index contributed by atoms with van der Waals surface area (Å²) in [4.78, 5) is 2.71. The van der Waals surface area contributed by atoms with Gasteiger partial charge in [0.25, 0.3) is 0 Å². The Hall–Kier alpha value is -0.950. The number of ether oxygens (including phenoxy) is 2. The van der Waals surface area contributed by atoms with Crippen molar-refractivity contribution in [3.8, 4) is 0 Å². The second-order valence-electron chi connectivity index (χ2n) is 6.66. The zero-order valence-corrected chi connectivity index (χ0v) is 14.6. The van der Waals surface area contributed by atoms with Crippen molar-refractivity contribution in [2.75, 3.05) is 32.6 Å². The molecule has 6 heteroatoms. The molecule has 2 heterocycles. The first-order valence-corrected chi connectivity index (χ1v) is 10.1. The first-order chi connectivity index (χ1) is 10.9. The molecule has 128 valence electrons. The van der Waals surface area contributed by atoms with Crippen molar-refractivity contribution in [2.24, 2.45) is 0 Å². The minimum atomic E-state index is -3.12. The lowest BCUT2D eigenvalue weighted by Gasteiger charge is -2.53. The predicted octanol–water partition coefficient (Wildman–Crippen LogP) is 1.86. The molecule has 3 rings (SSSR count). The van der Waals surface area contributed by atoms with E-state index in [0.29, 0.717) is 11.0 Å². The number of hydrogen-bond acceptors (Lipinski definition) is 5. The molecule has 0 radical (unpaired) electrons. The molecule has 0 N–H and O–H groups in total. The van der Waals surface area contributed by atoms with E-state index in [9.17, 15) is 8.42 Å². The molecule has 0 saturated carbocycles. The highest BCUT2D eigenvalue weighted by atomic mass is 32.2. The molecule has 2 aliphatic rings. The molecular weight excluding hydrogens is 314 g/mol. The van der Waals surface area contributed by atoms with Crippen molar-refractivity contribution in [1.29, 1.82) is 0 Å². The van der Waals surface area contributed by atoms with Crippen molar-refractivity contribution in [1.82, 2.24) is 4.90 Å². The predicted molar refractivity (Wildman–Crippen MR) is 88.2 cm³/mol. The molecule has 0 unspecified atom stereocenters. The van der Waals surface area contributed by atoms with Gasteiger partial charge in [-0.1, -0.05) is 12.1 Å². The molecular formula is C17H25NO4S. The Morgan fingerprint density at radius 2 is 2.00 bits per heavy atom. The summed E-state index contributed by atoms with van der Waals surface area (Å²) >= 11 is 0. The van der Waals surface area contributed by atoms with E-state index in [4.69, 9.17) is 9.47 Å². The van der Waals surface area contributed by atoms with E-state index in [1.54, 1.807) is 12.1 Å². The van der Waals surface area contributed by atoms with E-state index in [1.165, 1.54) is 6.26 Å². The van der Waals surface area contributed by atoms with Gasteiger partial charge in [-0.15, -0.1) is 0 Å². The van der Waals surface area contributed by atoms with Crippen LogP contribution in [0.4, 0.5) is 0 Å². The van der Waals surface area contributed by atoms with Gasteiger partial charge in [-0.3, -0.25) is 4.90 Å². The summed E-state index contributed by atoms with van der Waals surface area (Å²) in [6.07, 6.45) is 3.52. The van der Waals surface area contributed by atoms with Crippen molar-refractivity contribution < 1.29 is 17.9 Å². The fourth-order valence-electron chi connectivity index (χ4n) is 3.56. The largest absolute Gasteiger partial charge is 0.378 e. The average Bonchev–Trinajstić information content (AvgIpc) is 2.46. The van der Waals surface area contributed by atoms with Crippen molar-refractivity contribution >= 4 is 9.84 Å². The molecule has 1 spiro atoms.